The van der Waals surface area contributed by atoms with Crippen LogP contribution in [0.3, 0.4) is 0 Å². The zero-order valence-corrected chi connectivity index (χ0v) is 9.93. The summed E-state index contributed by atoms with van der Waals surface area (Å²) in [7, 11) is 4.24. The summed E-state index contributed by atoms with van der Waals surface area (Å²) in [5.41, 5.74) is 5.67. The highest BCUT2D eigenvalue weighted by Crippen LogP contribution is 2.18. The molecule has 2 N–H and O–H groups in total. The number of nitrogen functional groups attached to an aromatic ring is 1. The van der Waals surface area contributed by atoms with Gasteiger partial charge in [0.05, 0.1) is 0 Å². The van der Waals surface area contributed by atoms with Crippen molar-refractivity contribution in [3.05, 3.63) is 12.3 Å². The molecule has 88 valence electrons. The van der Waals surface area contributed by atoms with Gasteiger partial charge in [0.1, 0.15) is 5.82 Å². The molecule has 0 amide bonds. The molecule has 0 aromatic carbocycles. The zero-order valence-electron chi connectivity index (χ0n) is 9.93. The maximum Gasteiger partial charge on any atom is 0.227 e. The molecule has 1 atom stereocenters. The summed E-state index contributed by atoms with van der Waals surface area (Å²) in [6.45, 7) is 2.00. The van der Waals surface area contributed by atoms with Crippen molar-refractivity contribution in [1.82, 2.24) is 14.9 Å². The van der Waals surface area contributed by atoms with Gasteiger partial charge in [0.25, 0.3) is 0 Å². The Labute approximate surface area is 96.3 Å². The van der Waals surface area contributed by atoms with Crippen LogP contribution < -0.4 is 10.6 Å². The standard InChI is InChI=1S/C11H19N5/c1-15(2)9-4-3-7-16(8-9)11-13-6-5-10(12)14-11/h5-6,9H,3-4,7-8H2,1-2H3,(H2,12,13,14). The molecule has 16 heavy (non-hydrogen) atoms. The third kappa shape index (κ3) is 2.41. The predicted octanol–water partition coefficient (Wildman–Crippen LogP) is 0.589. The summed E-state index contributed by atoms with van der Waals surface area (Å²) in [5, 5.41) is 0. The molecule has 0 bridgehead atoms. The molecule has 1 aromatic heterocycles. The lowest BCUT2D eigenvalue weighted by molar-refractivity contribution is 0.257. The number of hydrogen-bond acceptors (Lipinski definition) is 5. The van der Waals surface area contributed by atoms with Gasteiger partial charge in [-0.1, -0.05) is 0 Å². The van der Waals surface area contributed by atoms with Crippen molar-refractivity contribution in [2.45, 2.75) is 18.9 Å². The number of nitrogens with two attached hydrogens (primary N) is 1. The number of hydrogen-bond donors (Lipinski definition) is 1. The highest BCUT2D eigenvalue weighted by Gasteiger charge is 2.22. The molecule has 0 spiro atoms. The van der Waals surface area contributed by atoms with Gasteiger partial charge >= 0.3 is 0 Å². The fourth-order valence-electron chi connectivity index (χ4n) is 2.07. The molecule has 1 fully saturated rings. The second-order valence-corrected chi connectivity index (χ2v) is 4.49. The van der Waals surface area contributed by atoms with Gasteiger partial charge in [-0.2, -0.15) is 4.98 Å². The molecule has 1 aromatic rings. The van der Waals surface area contributed by atoms with Crippen LogP contribution in [0.15, 0.2) is 12.3 Å². The minimum Gasteiger partial charge on any atom is -0.384 e. The minimum absolute atomic E-state index is 0.539. The van der Waals surface area contributed by atoms with Crippen LogP contribution in [0.4, 0.5) is 11.8 Å². The monoisotopic (exact) mass is 221 g/mol. The zero-order chi connectivity index (χ0) is 11.5. The molecule has 5 heteroatoms. The van der Waals surface area contributed by atoms with Gasteiger partial charge in [-0.3, -0.25) is 0 Å². The van der Waals surface area contributed by atoms with Crippen molar-refractivity contribution in [3.8, 4) is 0 Å². The first-order chi connectivity index (χ1) is 7.66. The third-order valence-corrected chi connectivity index (χ3v) is 3.07. The van der Waals surface area contributed by atoms with E-state index in [9.17, 15) is 0 Å². The van der Waals surface area contributed by atoms with Gasteiger partial charge in [0, 0.05) is 25.3 Å². The van der Waals surface area contributed by atoms with Crippen LogP contribution in [0.25, 0.3) is 0 Å². The Hall–Kier alpha value is -1.36. The second kappa shape index (κ2) is 4.65. The average Bonchev–Trinajstić information content (AvgIpc) is 2.29. The molecule has 0 aliphatic carbocycles. The number of aromatic nitrogens is 2. The fourth-order valence-corrected chi connectivity index (χ4v) is 2.07. The Bertz CT molecular complexity index is 352. The lowest BCUT2D eigenvalue weighted by atomic mass is 10.1. The van der Waals surface area contributed by atoms with Crippen LogP contribution >= 0.6 is 0 Å². The molecular weight excluding hydrogens is 202 g/mol. The van der Waals surface area contributed by atoms with Crippen molar-refractivity contribution in [1.29, 1.82) is 0 Å². The smallest absolute Gasteiger partial charge is 0.227 e. The van der Waals surface area contributed by atoms with Crippen LogP contribution in [-0.2, 0) is 0 Å². The van der Waals surface area contributed by atoms with Gasteiger partial charge in [-0.25, -0.2) is 4.98 Å². The van der Waals surface area contributed by atoms with Gasteiger partial charge in [0.15, 0.2) is 0 Å². The van der Waals surface area contributed by atoms with Crippen LogP contribution in [-0.4, -0.2) is 48.1 Å². The summed E-state index contributed by atoms with van der Waals surface area (Å²) in [4.78, 5) is 13.0. The van der Waals surface area contributed by atoms with Crippen LogP contribution in [0.2, 0.25) is 0 Å². The Morgan fingerprint density at radius 1 is 1.50 bits per heavy atom. The largest absolute Gasteiger partial charge is 0.384 e. The maximum absolute atomic E-state index is 5.67. The maximum atomic E-state index is 5.67. The van der Waals surface area contributed by atoms with Crippen molar-refractivity contribution >= 4 is 11.8 Å². The van der Waals surface area contributed by atoms with Crippen LogP contribution in [0.5, 0.6) is 0 Å². The van der Waals surface area contributed by atoms with Crippen molar-refractivity contribution in [3.63, 3.8) is 0 Å². The van der Waals surface area contributed by atoms with E-state index in [0.717, 1.165) is 19.0 Å². The lowest BCUT2D eigenvalue weighted by Gasteiger charge is -2.36. The Kier molecular flexibility index (Phi) is 3.24. The number of anilines is 2. The average molecular weight is 221 g/mol. The van der Waals surface area contributed by atoms with Gasteiger partial charge in [-0.05, 0) is 33.0 Å². The topological polar surface area (TPSA) is 58.3 Å². The van der Waals surface area contributed by atoms with E-state index in [-0.39, 0.29) is 0 Å². The summed E-state index contributed by atoms with van der Waals surface area (Å²) in [6, 6.07) is 2.30. The highest BCUT2D eigenvalue weighted by molar-refractivity contribution is 5.38. The molecule has 2 heterocycles. The highest BCUT2D eigenvalue weighted by atomic mass is 15.3. The van der Waals surface area contributed by atoms with Crippen LogP contribution in [0.1, 0.15) is 12.8 Å². The second-order valence-electron chi connectivity index (χ2n) is 4.49. The molecule has 1 unspecified atom stereocenters. The van der Waals surface area contributed by atoms with E-state index in [1.165, 1.54) is 12.8 Å². The quantitative estimate of drug-likeness (QED) is 0.792. The lowest BCUT2D eigenvalue weighted by Crippen LogP contribution is -2.45. The summed E-state index contributed by atoms with van der Waals surface area (Å²) >= 11 is 0. The van der Waals surface area contributed by atoms with E-state index < -0.39 is 0 Å². The first-order valence-corrected chi connectivity index (χ1v) is 5.66. The van der Waals surface area contributed by atoms with E-state index in [0.29, 0.717) is 11.9 Å². The van der Waals surface area contributed by atoms with Gasteiger partial charge < -0.3 is 15.5 Å². The molecule has 2 rings (SSSR count). The van der Waals surface area contributed by atoms with Crippen molar-refractivity contribution < 1.29 is 0 Å². The van der Waals surface area contributed by atoms with Gasteiger partial charge in [-0.15, -0.1) is 0 Å². The Balaban J connectivity index is 2.09. The molecule has 1 saturated heterocycles. The van der Waals surface area contributed by atoms with E-state index in [1.807, 2.05) is 0 Å². The Morgan fingerprint density at radius 2 is 2.31 bits per heavy atom. The minimum atomic E-state index is 0.539. The fraction of sp³-hybridized carbons (Fsp3) is 0.636. The van der Waals surface area contributed by atoms with Crippen molar-refractivity contribution in [2.75, 3.05) is 37.8 Å². The van der Waals surface area contributed by atoms with E-state index >= 15 is 0 Å². The third-order valence-electron chi connectivity index (χ3n) is 3.07. The number of likely N-dealkylation sites (N-methyl/N-ethyl adjacent to an activating group) is 1. The summed E-state index contributed by atoms with van der Waals surface area (Å²) in [6.07, 6.45) is 4.14. The van der Waals surface area contributed by atoms with E-state index in [1.54, 1.807) is 12.3 Å². The normalized spacial score (nSPS) is 21.4. The predicted molar refractivity (Wildman–Crippen MR) is 65.4 cm³/mol. The number of rotatable bonds is 2. The molecule has 0 radical (unpaired) electrons. The number of piperidine rings is 1. The molecule has 0 saturated carbocycles. The summed E-state index contributed by atoms with van der Waals surface area (Å²) < 4.78 is 0. The first-order valence-electron chi connectivity index (χ1n) is 5.66. The SMILES string of the molecule is CN(C)C1CCCN(c2nccc(N)n2)C1. The van der Waals surface area contributed by atoms with Gasteiger partial charge in [0.2, 0.25) is 5.95 Å². The van der Waals surface area contributed by atoms with Crippen molar-refractivity contribution in [2.24, 2.45) is 0 Å². The molecule has 5 nitrogen and oxygen atoms in total. The number of nitrogens with zero attached hydrogens (tertiary/aromatic N) is 4. The van der Waals surface area contributed by atoms with Crippen LogP contribution in [0, 0.1) is 0 Å². The molecule has 1 aliphatic heterocycles. The first kappa shape index (κ1) is 11.1. The van der Waals surface area contributed by atoms with E-state index in [4.69, 9.17) is 5.73 Å². The molecular formula is C11H19N5. The Morgan fingerprint density at radius 3 is 3.00 bits per heavy atom. The molecule has 1 aliphatic rings. The summed E-state index contributed by atoms with van der Waals surface area (Å²) in [5.74, 6) is 1.29. The van der Waals surface area contributed by atoms with E-state index in [2.05, 4.69) is 33.9 Å².